The highest BCUT2D eigenvalue weighted by atomic mass is 16.5. The van der Waals surface area contributed by atoms with Gasteiger partial charge in [0.05, 0.1) is 30.6 Å². The monoisotopic (exact) mass is 420 g/mol. The van der Waals surface area contributed by atoms with E-state index < -0.39 is 41.6 Å². The van der Waals surface area contributed by atoms with Crippen LogP contribution < -0.4 is 0 Å². The number of carbonyl (C=O) groups excluding carboxylic acids is 2. The first kappa shape index (κ1) is 21.3. The predicted molar refractivity (Wildman–Crippen MR) is 107 cm³/mol. The number of likely N-dealkylation sites (tertiary alicyclic amines) is 1. The van der Waals surface area contributed by atoms with E-state index >= 15 is 0 Å². The minimum Gasteiger partial charge on any atom is -0.481 e. The van der Waals surface area contributed by atoms with Gasteiger partial charge >= 0.3 is 5.97 Å². The van der Waals surface area contributed by atoms with E-state index in [4.69, 9.17) is 4.74 Å². The molecule has 1 saturated carbocycles. The maximum atomic E-state index is 14.0. The third kappa shape index (κ3) is 2.99. The van der Waals surface area contributed by atoms with Gasteiger partial charge in [0.25, 0.3) is 0 Å². The predicted octanol–water partition coefficient (Wildman–Crippen LogP) is 1.17. The standard InChI is InChI=1S/C22H32N2O6/c1-3-11-23(14-7-5-4-6-8-14)20(27)18-22-10-9-15(30-22)16(21(28)29)17(22)19(26)24(18)13(2)12-25/h3,13-18,25H,1,4-12H2,2H3,(H,28,29)/t13-,15-,16+,17+,18?,22?/m1/s1. The first-order chi connectivity index (χ1) is 14.4. The number of fused-ring (bicyclic) bond motifs is 1. The second-order valence-electron chi connectivity index (χ2n) is 9.24. The van der Waals surface area contributed by atoms with Gasteiger partial charge in [-0.2, -0.15) is 0 Å². The van der Waals surface area contributed by atoms with Gasteiger partial charge in [0.15, 0.2) is 0 Å². The fourth-order valence-electron chi connectivity index (χ4n) is 6.32. The molecule has 1 aliphatic carbocycles. The van der Waals surface area contributed by atoms with Crippen LogP contribution in [-0.2, 0) is 19.1 Å². The van der Waals surface area contributed by atoms with Gasteiger partial charge < -0.3 is 24.7 Å². The van der Waals surface area contributed by atoms with E-state index in [2.05, 4.69) is 6.58 Å². The van der Waals surface area contributed by atoms with Crippen molar-refractivity contribution in [1.29, 1.82) is 0 Å². The second-order valence-corrected chi connectivity index (χ2v) is 9.24. The van der Waals surface area contributed by atoms with Crippen molar-refractivity contribution in [2.45, 2.75) is 81.7 Å². The zero-order valence-electron chi connectivity index (χ0n) is 17.5. The number of carboxylic acid groups (broad SMARTS) is 1. The van der Waals surface area contributed by atoms with E-state index in [1.807, 2.05) is 4.90 Å². The average molecular weight is 421 g/mol. The Hall–Kier alpha value is -1.93. The molecular weight excluding hydrogens is 388 g/mol. The Labute approximate surface area is 176 Å². The van der Waals surface area contributed by atoms with Crippen LogP contribution in [0.4, 0.5) is 0 Å². The molecule has 0 aromatic carbocycles. The van der Waals surface area contributed by atoms with Crippen molar-refractivity contribution in [2.75, 3.05) is 13.2 Å². The molecule has 4 fully saturated rings. The Morgan fingerprint density at radius 3 is 2.63 bits per heavy atom. The molecule has 4 rings (SSSR count). The molecule has 4 aliphatic rings. The van der Waals surface area contributed by atoms with E-state index in [0.717, 1.165) is 32.1 Å². The molecule has 30 heavy (non-hydrogen) atoms. The molecule has 1 spiro atoms. The Balaban J connectivity index is 1.74. The summed E-state index contributed by atoms with van der Waals surface area (Å²) in [7, 11) is 0. The molecule has 2 bridgehead atoms. The number of amides is 2. The average Bonchev–Trinajstić information content (AvgIpc) is 3.39. The summed E-state index contributed by atoms with van der Waals surface area (Å²) in [5.74, 6) is -3.47. The zero-order chi connectivity index (χ0) is 21.6. The van der Waals surface area contributed by atoms with Crippen molar-refractivity contribution in [3.05, 3.63) is 12.7 Å². The molecule has 8 heteroatoms. The van der Waals surface area contributed by atoms with Crippen LogP contribution in [0.1, 0.15) is 51.9 Å². The van der Waals surface area contributed by atoms with Crippen molar-refractivity contribution < 1.29 is 29.3 Å². The molecule has 6 atom stereocenters. The summed E-state index contributed by atoms with van der Waals surface area (Å²) in [5.41, 5.74) is -1.13. The molecule has 3 saturated heterocycles. The fourth-order valence-corrected chi connectivity index (χ4v) is 6.32. The highest BCUT2D eigenvalue weighted by Gasteiger charge is 2.75. The normalized spacial score (nSPS) is 36.6. The molecule has 8 nitrogen and oxygen atoms in total. The van der Waals surface area contributed by atoms with Crippen LogP contribution in [0.5, 0.6) is 0 Å². The second kappa shape index (κ2) is 7.96. The van der Waals surface area contributed by atoms with Gasteiger partial charge in [-0.15, -0.1) is 6.58 Å². The van der Waals surface area contributed by atoms with Gasteiger partial charge in [0, 0.05) is 12.6 Å². The van der Waals surface area contributed by atoms with Gasteiger partial charge in [-0.3, -0.25) is 14.4 Å². The lowest BCUT2D eigenvalue weighted by atomic mass is 9.70. The quantitative estimate of drug-likeness (QED) is 0.599. The molecule has 166 valence electrons. The van der Waals surface area contributed by atoms with Gasteiger partial charge in [-0.25, -0.2) is 0 Å². The topological polar surface area (TPSA) is 107 Å². The van der Waals surface area contributed by atoms with Crippen LogP contribution in [0.15, 0.2) is 12.7 Å². The number of aliphatic hydroxyl groups excluding tert-OH is 1. The number of nitrogens with zero attached hydrogens (tertiary/aromatic N) is 2. The van der Waals surface area contributed by atoms with Crippen molar-refractivity contribution in [2.24, 2.45) is 11.8 Å². The molecule has 0 radical (unpaired) electrons. The number of hydrogen-bond acceptors (Lipinski definition) is 5. The van der Waals surface area contributed by atoms with Crippen LogP contribution >= 0.6 is 0 Å². The van der Waals surface area contributed by atoms with Crippen LogP contribution in [-0.4, -0.2) is 80.8 Å². The maximum Gasteiger partial charge on any atom is 0.310 e. The third-order valence-corrected chi connectivity index (χ3v) is 7.62. The van der Waals surface area contributed by atoms with Gasteiger partial charge in [0.2, 0.25) is 11.8 Å². The van der Waals surface area contributed by atoms with Crippen LogP contribution in [0.25, 0.3) is 0 Å². The molecule has 3 heterocycles. The molecule has 2 N–H and O–H groups in total. The highest BCUT2D eigenvalue weighted by molar-refractivity contribution is 5.98. The molecule has 0 aromatic heterocycles. The van der Waals surface area contributed by atoms with E-state index in [9.17, 15) is 24.6 Å². The zero-order valence-corrected chi connectivity index (χ0v) is 17.5. The molecule has 2 amide bonds. The summed E-state index contributed by atoms with van der Waals surface area (Å²) in [6.45, 7) is 5.58. The lowest BCUT2D eigenvalue weighted by molar-refractivity contribution is -0.154. The Morgan fingerprint density at radius 1 is 1.33 bits per heavy atom. The van der Waals surface area contributed by atoms with Crippen molar-refractivity contribution in [3.63, 3.8) is 0 Å². The van der Waals surface area contributed by atoms with Crippen molar-refractivity contribution >= 4 is 17.8 Å². The smallest absolute Gasteiger partial charge is 0.310 e. The van der Waals surface area contributed by atoms with Gasteiger partial charge in [0.1, 0.15) is 11.6 Å². The van der Waals surface area contributed by atoms with Gasteiger partial charge in [-0.05, 0) is 32.6 Å². The van der Waals surface area contributed by atoms with Crippen molar-refractivity contribution in [3.8, 4) is 0 Å². The minimum absolute atomic E-state index is 0.0787. The minimum atomic E-state index is -1.13. The number of carboxylic acids is 1. The number of carbonyl (C=O) groups is 3. The van der Waals surface area contributed by atoms with E-state index in [1.165, 1.54) is 4.90 Å². The fraction of sp³-hybridized carbons (Fsp3) is 0.773. The first-order valence-electron chi connectivity index (χ1n) is 11.1. The summed E-state index contributed by atoms with van der Waals surface area (Å²) in [6, 6.07) is -1.43. The number of aliphatic hydroxyl groups is 1. The number of ether oxygens (including phenoxy) is 1. The van der Waals surface area contributed by atoms with Crippen LogP contribution in [0, 0.1) is 11.8 Å². The number of aliphatic carboxylic acids is 1. The maximum absolute atomic E-state index is 14.0. The summed E-state index contributed by atoms with van der Waals surface area (Å²) in [6.07, 6.45) is 7.25. The van der Waals surface area contributed by atoms with Gasteiger partial charge in [-0.1, -0.05) is 25.3 Å². The summed E-state index contributed by atoms with van der Waals surface area (Å²) in [5, 5.41) is 19.6. The molecule has 2 unspecified atom stereocenters. The summed E-state index contributed by atoms with van der Waals surface area (Å²) < 4.78 is 6.20. The van der Waals surface area contributed by atoms with Crippen LogP contribution in [0.3, 0.4) is 0 Å². The molecular formula is C22H32N2O6. The first-order valence-corrected chi connectivity index (χ1v) is 11.1. The lowest BCUT2D eigenvalue weighted by Crippen LogP contribution is -2.60. The number of rotatable bonds is 7. The Morgan fingerprint density at radius 2 is 2.03 bits per heavy atom. The largest absolute Gasteiger partial charge is 0.481 e. The molecule has 0 aromatic rings. The Bertz CT molecular complexity index is 735. The third-order valence-electron chi connectivity index (χ3n) is 7.62. The summed E-state index contributed by atoms with van der Waals surface area (Å²) in [4.78, 5) is 42.6. The van der Waals surface area contributed by atoms with Crippen LogP contribution in [0.2, 0.25) is 0 Å². The Kier molecular flexibility index (Phi) is 5.66. The highest BCUT2D eigenvalue weighted by Crippen LogP contribution is 2.59. The van der Waals surface area contributed by atoms with Crippen molar-refractivity contribution in [1.82, 2.24) is 9.80 Å². The van der Waals surface area contributed by atoms with E-state index in [-0.39, 0.29) is 24.5 Å². The number of hydrogen-bond donors (Lipinski definition) is 2. The SMILES string of the molecule is C=CCN(C(=O)C1N([C@H](C)CO)C(=O)[C@@H]2[C@@H](C(=O)O)[C@H]3CCC12O3)C1CCCCC1. The van der Waals surface area contributed by atoms with E-state index in [1.54, 1.807) is 13.0 Å². The lowest BCUT2D eigenvalue weighted by Gasteiger charge is -2.41. The summed E-state index contributed by atoms with van der Waals surface area (Å²) >= 11 is 0. The van der Waals surface area contributed by atoms with E-state index in [0.29, 0.717) is 19.4 Å². The molecule has 3 aliphatic heterocycles.